The molecule has 2 heterocycles. The fourth-order valence-electron chi connectivity index (χ4n) is 2.61. The number of aromatic nitrogens is 2. The van der Waals surface area contributed by atoms with Gasteiger partial charge in [-0.3, -0.25) is 4.68 Å². The van der Waals surface area contributed by atoms with Crippen LogP contribution in [0.25, 0.3) is 0 Å². The van der Waals surface area contributed by atoms with Gasteiger partial charge in [-0.05, 0) is 19.3 Å². The van der Waals surface area contributed by atoms with Crippen LogP contribution in [-0.4, -0.2) is 38.1 Å². The number of sulfone groups is 1. The van der Waals surface area contributed by atoms with E-state index in [1.54, 1.807) is 11.6 Å². The maximum absolute atomic E-state index is 11.7. The second-order valence-electron chi connectivity index (χ2n) is 4.87. The van der Waals surface area contributed by atoms with E-state index < -0.39 is 18.9 Å². The molecule has 0 aliphatic carbocycles. The van der Waals surface area contributed by atoms with E-state index in [0.717, 1.165) is 0 Å². The molecule has 1 aromatic heterocycles. The number of hydrogen-bond donors (Lipinski definition) is 0. The Labute approximate surface area is 123 Å². The van der Waals surface area contributed by atoms with Crippen LogP contribution in [-0.2, 0) is 31.7 Å². The highest BCUT2D eigenvalue weighted by Crippen LogP contribution is 2.31. The van der Waals surface area contributed by atoms with Crippen molar-refractivity contribution in [3.05, 3.63) is 11.4 Å². The summed E-state index contributed by atoms with van der Waals surface area (Å²) in [4.78, 5) is 0.0495. The van der Waals surface area contributed by atoms with E-state index in [2.05, 4.69) is 5.10 Å². The van der Waals surface area contributed by atoms with Crippen molar-refractivity contribution in [2.24, 2.45) is 0 Å². The molecule has 1 aromatic rings. The number of aryl methyl sites for hydroxylation is 1. The van der Waals surface area contributed by atoms with Gasteiger partial charge in [-0.25, -0.2) is 16.8 Å². The zero-order valence-electron chi connectivity index (χ0n) is 11.3. The summed E-state index contributed by atoms with van der Waals surface area (Å²) in [6.07, 6.45) is 1.33. The lowest BCUT2D eigenvalue weighted by atomic mass is 10.2. The quantitative estimate of drug-likeness (QED) is 0.771. The van der Waals surface area contributed by atoms with E-state index in [1.165, 1.54) is 0 Å². The molecule has 20 heavy (non-hydrogen) atoms. The van der Waals surface area contributed by atoms with Crippen LogP contribution >= 0.6 is 10.7 Å². The first-order valence-electron chi connectivity index (χ1n) is 6.45. The Kier molecular flexibility index (Phi) is 4.19. The van der Waals surface area contributed by atoms with Crippen molar-refractivity contribution in [3.63, 3.8) is 0 Å². The molecule has 2 rings (SSSR count). The van der Waals surface area contributed by atoms with E-state index in [-0.39, 0.29) is 22.4 Å². The van der Waals surface area contributed by atoms with Crippen LogP contribution in [0.3, 0.4) is 0 Å². The topological polar surface area (TPSA) is 86.1 Å². The Morgan fingerprint density at radius 3 is 2.40 bits per heavy atom. The van der Waals surface area contributed by atoms with Crippen LogP contribution in [0.15, 0.2) is 4.90 Å². The van der Waals surface area contributed by atoms with Gasteiger partial charge in [-0.1, -0.05) is 13.8 Å². The van der Waals surface area contributed by atoms with Gasteiger partial charge < -0.3 is 0 Å². The molecule has 1 atom stereocenters. The molecule has 1 aliphatic rings. The standard InChI is InChI=1S/C11H17ClN2O4S2/c1-3-9-11(20(12,17)18)10(4-2)14(13-9)8-5-6-19(15,16)7-8/h8H,3-7H2,1-2H3. The third-order valence-corrected chi connectivity index (χ3v) is 6.67. The van der Waals surface area contributed by atoms with Gasteiger partial charge in [-0.15, -0.1) is 0 Å². The molecule has 1 fully saturated rings. The molecule has 0 spiro atoms. The molecule has 0 radical (unpaired) electrons. The average molecular weight is 341 g/mol. The van der Waals surface area contributed by atoms with E-state index >= 15 is 0 Å². The molecule has 9 heteroatoms. The lowest BCUT2D eigenvalue weighted by molar-refractivity contribution is 0.477. The van der Waals surface area contributed by atoms with Crippen LogP contribution in [0.5, 0.6) is 0 Å². The van der Waals surface area contributed by atoms with Gasteiger partial charge in [0.25, 0.3) is 9.05 Å². The maximum atomic E-state index is 11.7. The maximum Gasteiger partial charge on any atom is 0.264 e. The normalized spacial score (nSPS) is 22.2. The molecule has 1 aliphatic heterocycles. The minimum Gasteiger partial charge on any atom is -0.264 e. The first-order valence-corrected chi connectivity index (χ1v) is 10.6. The summed E-state index contributed by atoms with van der Waals surface area (Å²) in [5, 5.41) is 4.30. The average Bonchev–Trinajstić information content (AvgIpc) is 2.87. The zero-order chi connectivity index (χ0) is 15.1. The molecule has 0 amide bonds. The molecule has 6 nitrogen and oxygen atoms in total. The largest absolute Gasteiger partial charge is 0.264 e. The van der Waals surface area contributed by atoms with E-state index in [4.69, 9.17) is 10.7 Å². The van der Waals surface area contributed by atoms with Crippen LogP contribution in [0.4, 0.5) is 0 Å². The fourth-order valence-corrected chi connectivity index (χ4v) is 5.82. The summed E-state index contributed by atoms with van der Waals surface area (Å²) in [6.45, 7) is 3.60. The van der Waals surface area contributed by atoms with Crippen molar-refractivity contribution in [1.82, 2.24) is 9.78 Å². The molecule has 1 saturated heterocycles. The molecule has 0 aromatic carbocycles. The van der Waals surface area contributed by atoms with Gasteiger partial charge in [0.1, 0.15) is 4.90 Å². The second-order valence-corrected chi connectivity index (χ2v) is 9.60. The molecule has 0 N–H and O–H groups in total. The summed E-state index contributed by atoms with van der Waals surface area (Å²) >= 11 is 0. The van der Waals surface area contributed by atoms with Gasteiger partial charge in [0.2, 0.25) is 0 Å². The Morgan fingerprint density at radius 2 is 2.00 bits per heavy atom. The predicted molar refractivity (Wildman–Crippen MR) is 76.3 cm³/mol. The number of nitrogens with zero attached hydrogens (tertiary/aromatic N) is 2. The molecular weight excluding hydrogens is 324 g/mol. The van der Waals surface area contributed by atoms with E-state index in [1.807, 2.05) is 6.92 Å². The van der Waals surface area contributed by atoms with Crippen LogP contribution in [0, 0.1) is 0 Å². The second kappa shape index (κ2) is 5.31. The monoisotopic (exact) mass is 340 g/mol. The van der Waals surface area contributed by atoms with Crippen molar-refractivity contribution >= 4 is 29.6 Å². The Morgan fingerprint density at radius 1 is 1.35 bits per heavy atom. The third-order valence-electron chi connectivity index (χ3n) is 3.50. The van der Waals surface area contributed by atoms with Crippen molar-refractivity contribution in [2.75, 3.05) is 11.5 Å². The first kappa shape index (κ1) is 15.8. The van der Waals surface area contributed by atoms with E-state index in [0.29, 0.717) is 30.7 Å². The zero-order valence-corrected chi connectivity index (χ0v) is 13.7. The Hall–Kier alpha value is -0.600. The highest BCUT2D eigenvalue weighted by atomic mass is 35.7. The van der Waals surface area contributed by atoms with Crippen molar-refractivity contribution in [3.8, 4) is 0 Å². The number of rotatable bonds is 4. The van der Waals surface area contributed by atoms with Crippen LogP contribution in [0.1, 0.15) is 37.7 Å². The van der Waals surface area contributed by atoms with Crippen molar-refractivity contribution < 1.29 is 16.8 Å². The van der Waals surface area contributed by atoms with Gasteiger partial charge >= 0.3 is 0 Å². The smallest absolute Gasteiger partial charge is 0.264 e. The van der Waals surface area contributed by atoms with Crippen molar-refractivity contribution in [2.45, 2.75) is 44.0 Å². The van der Waals surface area contributed by atoms with E-state index in [9.17, 15) is 16.8 Å². The molecular formula is C11H17ClN2O4S2. The molecule has 0 bridgehead atoms. The third kappa shape index (κ3) is 2.87. The predicted octanol–water partition coefficient (Wildman–Crippen LogP) is 1.30. The summed E-state index contributed by atoms with van der Waals surface area (Å²) in [7, 11) is -1.44. The van der Waals surface area contributed by atoms with Crippen molar-refractivity contribution in [1.29, 1.82) is 0 Å². The summed E-state index contributed by atoms with van der Waals surface area (Å²) in [6, 6.07) is -0.299. The number of hydrogen-bond acceptors (Lipinski definition) is 5. The van der Waals surface area contributed by atoms with Crippen LogP contribution < -0.4 is 0 Å². The van der Waals surface area contributed by atoms with Crippen LogP contribution in [0.2, 0.25) is 0 Å². The summed E-state index contributed by atoms with van der Waals surface area (Å²) in [5.41, 5.74) is 0.903. The minimum absolute atomic E-state index is 0.00656. The fraction of sp³-hybridized carbons (Fsp3) is 0.727. The molecule has 0 saturated carbocycles. The highest BCUT2D eigenvalue weighted by Gasteiger charge is 2.34. The van der Waals surface area contributed by atoms with Gasteiger partial charge in [0.05, 0.1) is 28.9 Å². The Bertz CT molecular complexity index is 722. The summed E-state index contributed by atoms with van der Waals surface area (Å²) in [5.74, 6) is 0.123. The first-order chi connectivity index (χ1) is 9.19. The van der Waals surface area contributed by atoms with Gasteiger partial charge in [0, 0.05) is 10.7 Å². The van der Waals surface area contributed by atoms with Gasteiger partial charge in [0.15, 0.2) is 9.84 Å². The number of halogens is 1. The lowest BCUT2D eigenvalue weighted by Gasteiger charge is -2.12. The summed E-state index contributed by atoms with van der Waals surface area (Å²) < 4.78 is 48.2. The Balaban J connectivity index is 2.58. The minimum atomic E-state index is -3.89. The lowest BCUT2D eigenvalue weighted by Crippen LogP contribution is -2.15. The molecule has 1 unspecified atom stereocenters. The molecule has 114 valence electrons. The SMILES string of the molecule is CCc1nn(C2CCS(=O)(=O)C2)c(CC)c1S(=O)(=O)Cl. The highest BCUT2D eigenvalue weighted by molar-refractivity contribution is 8.13. The van der Waals surface area contributed by atoms with Gasteiger partial charge in [-0.2, -0.15) is 5.10 Å².